The maximum Gasteiger partial charge on any atom is 0.264 e. The number of amidine groups is 1. The Balaban J connectivity index is 1.64. The number of ether oxygens (including phenoxy) is 1. The molecule has 0 aromatic heterocycles. The highest BCUT2D eigenvalue weighted by Crippen LogP contribution is 2.25. The van der Waals surface area contributed by atoms with Gasteiger partial charge in [-0.05, 0) is 53.2 Å². The average Bonchev–Trinajstić information content (AvgIpc) is 2.84. The Morgan fingerprint density at radius 1 is 1.22 bits per heavy atom. The largest absolute Gasteiger partial charge is 0.489 e. The molecule has 23 heavy (non-hydrogen) atoms. The van der Waals surface area contributed by atoms with Crippen LogP contribution in [0.3, 0.4) is 0 Å². The standard InChI is InChI=1S/C17H13ClN2O2S/c18-13-3-1-2-12(8-13)10-22-14-6-4-11(5-7-14)9-15-16(21)20-17(19)23-15/h1-9H,10H2,(H2,19,20,21). The Kier molecular flexibility index (Phi) is 4.69. The van der Waals surface area contributed by atoms with Crippen LogP contribution in [0.1, 0.15) is 11.1 Å². The van der Waals surface area contributed by atoms with Crippen LogP contribution < -0.4 is 10.1 Å². The van der Waals surface area contributed by atoms with Gasteiger partial charge in [0.05, 0.1) is 4.91 Å². The Labute approximate surface area is 143 Å². The predicted octanol–water partition coefficient (Wildman–Crippen LogP) is 4.06. The summed E-state index contributed by atoms with van der Waals surface area (Å²) in [6.07, 6.45) is 1.75. The van der Waals surface area contributed by atoms with Gasteiger partial charge in [0.15, 0.2) is 5.17 Å². The molecule has 6 heteroatoms. The van der Waals surface area contributed by atoms with E-state index in [4.69, 9.17) is 21.7 Å². The molecule has 0 atom stereocenters. The summed E-state index contributed by atoms with van der Waals surface area (Å²) in [4.78, 5) is 12.1. The van der Waals surface area contributed by atoms with Gasteiger partial charge in [0.25, 0.3) is 5.91 Å². The van der Waals surface area contributed by atoms with E-state index in [0.717, 1.165) is 28.6 Å². The molecule has 2 aromatic carbocycles. The highest BCUT2D eigenvalue weighted by Gasteiger charge is 2.21. The van der Waals surface area contributed by atoms with E-state index in [1.54, 1.807) is 6.08 Å². The molecule has 1 amide bonds. The van der Waals surface area contributed by atoms with Crippen molar-refractivity contribution in [3.8, 4) is 5.75 Å². The monoisotopic (exact) mass is 344 g/mol. The Morgan fingerprint density at radius 2 is 2.00 bits per heavy atom. The van der Waals surface area contributed by atoms with Crippen molar-refractivity contribution >= 4 is 40.5 Å². The number of hydrogen-bond donors (Lipinski definition) is 2. The lowest BCUT2D eigenvalue weighted by atomic mass is 10.2. The minimum Gasteiger partial charge on any atom is -0.489 e. The van der Waals surface area contributed by atoms with Crippen molar-refractivity contribution in [1.29, 1.82) is 5.41 Å². The first-order chi connectivity index (χ1) is 11.1. The Hall–Kier alpha value is -2.24. The second kappa shape index (κ2) is 6.89. The normalized spacial score (nSPS) is 15.8. The van der Waals surface area contributed by atoms with E-state index in [0.29, 0.717) is 16.5 Å². The number of amides is 1. The molecule has 0 bridgehead atoms. The fourth-order valence-corrected chi connectivity index (χ4v) is 2.96. The molecule has 0 saturated carbocycles. The van der Waals surface area contributed by atoms with Crippen LogP contribution in [0, 0.1) is 5.41 Å². The minimum absolute atomic E-state index is 0.155. The van der Waals surface area contributed by atoms with Gasteiger partial charge in [-0.1, -0.05) is 35.9 Å². The number of nitrogens with one attached hydrogen (secondary N) is 2. The molecule has 1 saturated heterocycles. The summed E-state index contributed by atoms with van der Waals surface area (Å²) in [5.41, 5.74) is 1.88. The van der Waals surface area contributed by atoms with Crippen LogP contribution in [0.4, 0.5) is 0 Å². The number of carbonyl (C=O) groups is 1. The molecule has 0 spiro atoms. The molecule has 1 fully saturated rings. The van der Waals surface area contributed by atoms with Gasteiger partial charge in [0.2, 0.25) is 0 Å². The van der Waals surface area contributed by atoms with Gasteiger partial charge < -0.3 is 10.1 Å². The Morgan fingerprint density at radius 3 is 2.65 bits per heavy atom. The molecule has 0 aliphatic carbocycles. The van der Waals surface area contributed by atoms with E-state index >= 15 is 0 Å². The van der Waals surface area contributed by atoms with E-state index < -0.39 is 0 Å². The highest BCUT2D eigenvalue weighted by atomic mass is 35.5. The smallest absolute Gasteiger partial charge is 0.264 e. The third kappa shape index (κ3) is 4.15. The van der Waals surface area contributed by atoms with Gasteiger partial charge in [-0.15, -0.1) is 0 Å². The van der Waals surface area contributed by atoms with Crippen LogP contribution in [0.15, 0.2) is 53.4 Å². The molecule has 0 unspecified atom stereocenters. The number of halogens is 1. The molecule has 4 nitrogen and oxygen atoms in total. The fourth-order valence-electron chi connectivity index (χ4n) is 2.05. The van der Waals surface area contributed by atoms with Gasteiger partial charge in [-0.2, -0.15) is 0 Å². The summed E-state index contributed by atoms with van der Waals surface area (Å²) in [5.74, 6) is 0.504. The second-order valence-electron chi connectivity index (χ2n) is 4.88. The lowest BCUT2D eigenvalue weighted by Crippen LogP contribution is -2.18. The molecule has 1 aliphatic rings. The van der Waals surface area contributed by atoms with Crippen LogP contribution in [-0.2, 0) is 11.4 Å². The van der Waals surface area contributed by atoms with Gasteiger partial charge in [-0.25, -0.2) is 0 Å². The van der Waals surface area contributed by atoms with Gasteiger partial charge in [0, 0.05) is 5.02 Å². The zero-order chi connectivity index (χ0) is 16.2. The molecular formula is C17H13ClN2O2S. The topological polar surface area (TPSA) is 62.2 Å². The minimum atomic E-state index is -0.235. The molecule has 2 aromatic rings. The van der Waals surface area contributed by atoms with Crippen molar-refractivity contribution in [3.05, 3.63) is 69.6 Å². The van der Waals surface area contributed by atoms with Crippen LogP contribution in [0.25, 0.3) is 6.08 Å². The van der Waals surface area contributed by atoms with Crippen LogP contribution >= 0.6 is 23.4 Å². The zero-order valence-electron chi connectivity index (χ0n) is 12.0. The number of thioether (sulfide) groups is 1. The summed E-state index contributed by atoms with van der Waals surface area (Å²) in [5, 5.41) is 10.7. The second-order valence-corrected chi connectivity index (χ2v) is 6.37. The van der Waals surface area contributed by atoms with Crippen molar-refractivity contribution in [2.75, 3.05) is 0 Å². The maximum absolute atomic E-state index is 11.6. The maximum atomic E-state index is 11.6. The van der Waals surface area contributed by atoms with E-state index in [9.17, 15) is 4.79 Å². The van der Waals surface area contributed by atoms with Gasteiger partial charge in [-0.3, -0.25) is 10.2 Å². The molecule has 1 heterocycles. The summed E-state index contributed by atoms with van der Waals surface area (Å²) < 4.78 is 5.71. The first kappa shape index (κ1) is 15.6. The first-order valence-electron chi connectivity index (χ1n) is 6.87. The third-order valence-corrected chi connectivity index (χ3v) is 4.20. The Bertz CT molecular complexity index is 787. The lowest BCUT2D eigenvalue weighted by molar-refractivity contribution is -0.115. The quantitative estimate of drug-likeness (QED) is 0.822. The summed E-state index contributed by atoms with van der Waals surface area (Å²) in [6.45, 7) is 0.441. The zero-order valence-corrected chi connectivity index (χ0v) is 13.6. The van der Waals surface area contributed by atoms with E-state index in [-0.39, 0.29) is 11.1 Å². The molecule has 3 rings (SSSR count). The summed E-state index contributed by atoms with van der Waals surface area (Å²) >= 11 is 7.06. The predicted molar refractivity (Wildman–Crippen MR) is 93.7 cm³/mol. The highest BCUT2D eigenvalue weighted by molar-refractivity contribution is 8.18. The number of rotatable bonds is 4. The fraction of sp³-hybridized carbons (Fsp3) is 0.0588. The SMILES string of the molecule is N=C1NC(=O)C(=Cc2ccc(OCc3cccc(Cl)c3)cc2)S1. The van der Waals surface area contributed by atoms with Crippen molar-refractivity contribution in [2.45, 2.75) is 6.61 Å². The van der Waals surface area contributed by atoms with E-state index in [1.165, 1.54) is 0 Å². The molecule has 1 aliphatic heterocycles. The average molecular weight is 345 g/mol. The third-order valence-electron chi connectivity index (χ3n) is 3.14. The van der Waals surface area contributed by atoms with Crippen LogP contribution in [-0.4, -0.2) is 11.1 Å². The van der Waals surface area contributed by atoms with Crippen molar-refractivity contribution in [3.63, 3.8) is 0 Å². The number of hydrogen-bond acceptors (Lipinski definition) is 4. The van der Waals surface area contributed by atoms with Crippen molar-refractivity contribution < 1.29 is 9.53 Å². The molecule has 2 N–H and O–H groups in total. The van der Waals surface area contributed by atoms with Gasteiger partial charge >= 0.3 is 0 Å². The van der Waals surface area contributed by atoms with Crippen LogP contribution in [0.5, 0.6) is 5.75 Å². The lowest BCUT2D eigenvalue weighted by Gasteiger charge is -2.07. The van der Waals surface area contributed by atoms with E-state index in [2.05, 4.69) is 5.32 Å². The number of benzene rings is 2. The first-order valence-corrected chi connectivity index (χ1v) is 8.06. The summed E-state index contributed by atoms with van der Waals surface area (Å²) in [7, 11) is 0. The van der Waals surface area contributed by atoms with E-state index in [1.807, 2.05) is 48.5 Å². The van der Waals surface area contributed by atoms with Crippen molar-refractivity contribution in [1.82, 2.24) is 5.32 Å². The summed E-state index contributed by atoms with van der Waals surface area (Å²) in [6, 6.07) is 15.0. The van der Waals surface area contributed by atoms with Crippen molar-refractivity contribution in [2.24, 2.45) is 0 Å². The molecule has 0 radical (unpaired) electrons. The van der Waals surface area contributed by atoms with Gasteiger partial charge in [0.1, 0.15) is 12.4 Å². The van der Waals surface area contributed by atoms with Crippen LogP contribution in [0.2, 0.25) is 5.02 Å². The molecular weight excluding hydrogens is 332 g/mol. The molecule has 116 valence electrons. The number of carbonyl (C=O) groups excluding carboxylic acids is 1.